The van der Waals surface area contributed by atoms with Crippen LogP contribution in [0.5, 0.6) is 11.5 Å². The van der Waals surface area contributed by atoms with Crippen LogP contribution in [0, 0.1) is 6.92 Å². The number of nitrogens with zero attached hydrogens (tertiary/aromatic N) is 1. The molecule has 1 saturated heterocycles. The summed E-state index contributed by atoms with van der Waals surface area (Å²) in [6.45, 7) is 5.12. The first kappa shape index (κ1) is 21.7. The molecule has 0 spiro atoms. The van der Waals surface area contributed by atoms with Gasteiger partial charge < -0.3 is 43.5 Å². The molecule has 1 heterocycles. The second kappa shape index (κ2) is 8.37. The third-order valence-corrected chi connectivity index (χ3v) is 5.18. The second-order valence-corrected chi connectivity index (χ2v) is 6.32. The summed E-state index contributed by atoms with van der Waals surface area (Å²) >= 11 is 0. The van der Waals surface area contributed by atoms with Gasteiger partial charge in [-0.1, -0.05) is 17.7 Å². The summed E-state index contributed by atoms with van der Waals surface area (Å²) in [5.74, 6) is 1.40. The standard InChI is InChI=1S/C18H24NO3.HI.Li/c1-12-9-13(10-15(21-3)17(12)22-4)18-6-5-14(20)11-16(18)19(2)8-7-18;;/h5-6,9-10,14,16,20H,1,7-8,11H2,2-4H3;1H;/q-1;;+1/p-1/t14-,16+,18+;;/m1../s1. The molecular formula is C18H24ILiNO3-. The smallest absolute Gasteiger partial charge is 1.00 e. The Bertz CT molecular complexity index is 610. The van der Waals surface area contributed by atoms with Crippen molar-refractivity contribution < 1.29 is 57.4 Å². The number of rotatable bonds is 3. The molecule has 0 saturated carbocycles. The fraction of sp³-hybridized carbons (Fsp3) is 0.500. The number of benzene rings is 1. The van der Waals surface area contributed by atoms with Gasteiger partial charge in [-0.3, -0.25) is 0 Å². The van der Waals surface area contributed by atoms with Gasteiger partial charge in [0.15, 0.2) is 0 Å². The SMILES string of the molecule is [CH2-]c1cc([C@@]23C=C[C@@H](O)C[C@@H]2N(C)CC3)cc(OC)c1OC.[I-].[Li+]. The molecule has 1 aromatic rings. The maximum Gasteiger partial charge on any atom is 1.00 e. The van der Waals surface area contributed by atoms with Gasteiger partial charge >= 0.3 is 18.9 Å². The minimum atomic E-state index is -0.363. The Morgan fingerprint density at radius 1 is 1.29 bits per heavy atom. The number of halogens is 1. The van der Waals surface area contributed by atoms with E-state index < -0.39 is 0 Å². The molecule has 3 atom stereocenters. The third kappa shape index (κ3) is 3.47. The van der Waals surface area contributed by atoms with E-state index in [-0.39, 0.29) is 54.4 Å². The van der Waals surface area contributed by atoms with Gasteiger partial charge in [0.05, 0.1) is 26.1 Å². The number of hydrogen-bond donors (Lipinski definition) is 1. The van der Waals surface area contributed by atoms with Crippen molar-refractivity contribution in [2.24, 2.45) is 0 Å². The molecule has 4 nitrogen and oxygen atoms in total. The van der Waals surface area contributed by atoms with E-state index in [0.29, 0.717) is 17.5 Å². The van der Waals surface area contributed by atoms with Crippen LogP contribution in [0.25, 0.3) is 0 Å². The molecular weight excluding hydrogens is 412 g/mol. The zero-order valence-corrected chi connectivity index (χ0v) is 17.0. The van der Waals surface area contributed by atoms with E-state index >= 15 is 0 Å². The molecule has 0 bridgehead atoms. The fourth-order valence-electron chi connectivity index (χ4n) is 4.00. The van der Waals surface area contributed by atoms with Crippen LogP contribution >= 0.6 is 0 Å². The van der Waals surface area contributed by atoms with E-state index in [4.69, 9.17) is 9.47 Å². The van der Waals surface area contributed by atoms with E-state index in [0.717, 1.165) is 24.9 Å². The van der Waals surface area contributed by atoms with Crippen molar-refractivity contribution in [2.45, 2.75) is 30.4 Å². The Hall–Kier alpha value is -0.323. The summed E-state index contributed by atoms with van der Waals surface area (Å²) in [7, 11) is 5.41. The van der Waals surface area contributed by atoms with Gasteiger partial charge in [-0.25, -0.2) is 0 Å². The Morgan fingerprint density at radius 3 is 2.62 bits per heavy atom. The molecule has 24 heavy (non-hydrogen) atoms. The van der Waals surface area contributed by atoms with Crippen LogP contribution in [0.3, 0.4) is 0 Å². The van der Waals surface area contributed by atoms with Crippen molar-refractivity contribution in [3.05, 3.63) is 42.3 Å². The topological polar surface area (TPSA) is 41.9 Å². The number of methoxy groups -OCH3 is 2. The van der Waals surface area contributed by atoms with Crippen LogP contribution in [0.4, 0.5) is 0 Å². The maximum absolute atomic E-state index is 10.0. The fourth-order valence-corrected chi connectivity index (χ4v) is 4.00. The van der Waals surface area contributed by atoms with Gasteiger partial charge in [0.25, 0.3) is 0 Å². The molecule has 3 rings (SSSR count). The first-order chi connectivity index (χ1) is 10.5. The van der Waals surface area contributed by atoms with E-state index in [2.05, 4.69) is 37.1 Å². The number of aliphatic hydroxyl groups is 1. The van der Waals surface area contributed by atoms with Crippen molar-refractivity contribution >= 4 is 0 Å². The van der Waals surface area contributed by atoms with Crippen molar-refractivity contribution in [3.8, 4) is 11.5 Å². The Morgan fingerprint density at radius 2 is 2.00 bits per heavy atom. The largest absolute Gasteiger partial charge is 1.00 e. The number of fused-ring (bicyclic) bond motifs is 1. The van der Waals surface area contributed by atoms with Crippen molar-refractivity contribution in [1.82, 2.24) is 4.90 Å². The van der Waals surface area contributed by atoms with Crippen LogP contribution < -0.4 is 52.3 Å². The molecule has 128 valence electrons. The first-order valence-electron chi connectivity index (χ1n) is 7.68. The van der Waals surface area contributed by atoms with Crippen LogP contribution in [0.1, 0.15) is 24.0 Å². The van der Waals surface area contributed by atoms with E-state index in [9.17, 15) is 5.11 Å². The molecule has 0 radical (unpaired) electrons. The Kier molecular flexibility index (Phi) is 7.58. The summed E-state index contributed by atoms with van der Waals surface area (Å²) < 4.78 is 10.9. The zero-order valence-electron chi connectivity index (χ0n) is 14.9. The molecule has 0 unspecified atom stereocenters. The summed E-state index contributed by atoms with van der Waals surface area (Å²) in [6, 6.07) is 4.45. The monoisotopic (exact) mass is 436 g/mol. The third-order valence-electron chi connectivity index (χ3n) is 5.18. The number of likely N-dealkylation sites (N-methyl/N-ethyl adjacent to an activating group) is 1. The van der Waals surface area contributed by atoms with Gasteiger partial charge in [0.1, 0.15) is 5.75 Å². The zero-order chi connectivity index (χ0) is 15.9. The maximum atomic E-state index is 10.0. The van der Waals surface area contributed by atoms with Gasteiger partial charge in [-0.05, 0) is 32.5 Å². The average molecular weight is 436 g/mol. The molecule has 2 aliphatic rings. The van der Waals surface area contributed by atoms with Gasteiger partial charge in [0, 0.05) is 11.5 Å². The molecule has 0 amide bonds. The number of hydrogen-bond acceptors (Lipinski definition) is 4. The summed E-state index contributed by atoms with van der Waals surface area (Å²) in [4.78, 5) is 2.34. The minimum absolute atomic E-state index is 0. The van der Waals surface area contributed by atoms with Crippen LogP contribution in [-0.2, 0) is 5.41 Å². The Balaban J connectivity index is 0.00000144. The van der Waals surface area contributed by atoms with Crippen LogP contribution in [0.15, 0.2) is 24.3 Å². The molecule has 1 N–H and O–H groups in total. The molecule has 1 aliphatic carbocycles. The van der Waals surface area contributed by atoms with Gasteiger partial charge in [0.2, 0.25) is 0 Å². The van der Waals surface area contributed by atoms with Crippen molar-refractivity contribution in [2.75, 3.05) is 27.8 Å². The average Bonchev–Trinajstić information content (AvgIpc) is 2.84. The molecule has 0 aromatic heterocycles. The minimum Gasteiger partial charge on any atom is -1.00 e. The van der Waals surface area contributed by atoms with E-state index in [1.165, 1.54) is 5.56 Å². The summed E-state index contributed by atoms with van der Waals surface area (Å²) in [5, 5.41) is 10.0. The Labute approximate surface area is 173 Å². The van der Waals surface area contributed by atoms with Gasteiger partial charge in [-0.15, -0.1) is 0 Å². The normalized spacial score (nSPS) is 28.5. The van der Waals surface area contributed by atoms with Crippen molar-refractivity contribution in [3.63, 3.8) is 0 Å². The van der Waals surface area contributed by atoms with Gasteiger partial charge in [-0.2, -0.15) is 18.6 Å². The van der Waals surface area contributed by atoms with Crippen LogP contribution in [-0.4, -0.2) is 50.0 Å². The predicted octanol–water partition coefficient (Wildman–Crippen LogP) is -3.84. The molecule has 1 aliphatic heterocycles. The molecule has 1 fully saturated rings. The van der Waals surface area contributed by atoms with E-state index in [1.807, 2.05) is 6.08 Å². The van der Waals surface area contributed by atoms with E-state index in [1.54, 1.807) is 14.2 Å². The summed E-state index contributed by atoms with van der Waals surface area (Å²) in [6.07, 6.45) is 5.53. The predicted molar refractivity (Wildman–Crippen MR) is 86.5 cm³/mol. The number of aliphatic hydroxyl groups excluding tert-OH is 1. The molecule has 6 heteroatoms. The first-order valence-corrected chi connectivity index (χ1v) is 7.68. The van der Waals surface area contributed by atoms with Crippen molar-refractivity contribution in [1.29, 1.82) is 0 Å². The van der Waals surface area contributed by atoms with Crippen LogP contribution in [0.2, 0.25) is 0 Å². The number of likely N-dealkylation sites (tertiary alicyclic amines) is 1. The quantitative estimate of drug-likeness (QED) is 0.228. The summed E-state index contributed by atoms with van der Waals surface area (Å²) in [5.41, 5.74) is 1.94. The number of ether oxygens (including phenoxy) is 2. The second-order valence-electron chi connectivity index (χ2n) is 6.32. The molecule has 1 aromatic carbocycles.